The van der Waals surface area contributed by atoms with Crippen LogP contribution in [-0.2, 0) is 4.79 Å². The van der Waals surface area contributed by atoms with Crippen molar-refractivity contribution in [3.8, 4) is 11.6 Å². The Balaban J connectivity index is 1.71. The SMILES string of the molecule is CN(C)C1(C(=O)Nc2cccc(Oc3ccccc3)n2)CC1. The zero-order chi connectivity index (χ0) is 15.6. The summed E-state index contributed by atoms with van der Waals surface area (Å²) < 4.78 is 5.68. The minimum Gasteiger partial charge on any atom is -0.439 e. The van der Waals surface area contributed by atoms with Crippen molar-refractivity contribution in [2.45, 2.75) is 18.4 Å². The fourth-order valence-electron chi connectivity index (χ4n) is 2.38. The van der Waals surface area contributed by atoms with Gasteiger partial charge in [0.25, 0.3) is 0 Å². The Morgan fingerprint density at radius 2 is 1.86 bits per heavy atom. The molecule has 1 heterocycles. The summed E-state index contributed by atoms with van der Waals surface area (Å²) in [6.45, 7) is 0. The maximum atomic E-state index is 12.4. The molecule has 2 aromatic rings. The molecule has 0 radical (unpaired) electrons. The first-order valence-corrected chi connectivity index (χ1v) is 7.29. The zero-order valence-corrected chi connectivity index (χ0v) is 12.7. The molecule has 0 saturated heterocycles. The van der Waals surface area contributed by atoms with Gasteiger partial charge in [0.1, 0.15) is 17.1 Å². The van der Waals surface area contributed by atoms with Crippen LogP contribution in [0.2, 0.25) is 0 Å². The number of anilines is 1. The van der Waals surface area contributed by atoms with Gasteiger partial charge in [-0.15, -0.1) is 0 Å². The number of hydrogen-bond donors (Lipinski definition) is 1. The molecule has 0 aliphatic heterocycles. The molecule has 0 unspecified atom stereocenters. The lowest BCUT2D eigenvalue weighted by atomic mass is 10.2. The molecule has 1 aliphatic rings. The van der Waals surface area contributed by atoms with Gasteiger partial charge >= 0.3 is 0 Å². The number of carbonyl (C=O) groups excluding carboxylic acids is 1. The van der Waals surface area contributed by atoms with Gasteiger partial charge in [0.15, 0.2) is 0 Å². The van der Waals surface area contributed by atoms with Crippen LogP contribution in [0.4, 0.5) is 5.82 Å². The number of nitrogens with zero attached hydrogens (tertiary/aromatic N) is 2. The van der Waals surface area contributed by atoms with Crippen LogP contribution in [0, 0.1) is 0 Å². The third-order valence-corrected chi connectivity index (χ3v) is 3.93. The molecule has 0 bridgehead atoms. The largest absolute Gasteiger partial charge is 0.439 e. The van der Waals surface area contributed by atoms with Crippen LogP contribution in [0.15, 0.2) is 48.5 Å². The number of aromatic nitrogens is 1. The Kier molecular flexibility index (Phi) is 3.81. The average Bonchev–Trinajstić information content (AvgIpc) is 3.30. The molecule has 3 rings (SSSR count). The quantitative estimate of drug-likeness (QED) is 0.922. The molecule has 0 atom stereocenters. The van der Waals surface area contributed by atoms with E-state index in [0.29, 0.717) is 17.4 Å². The fourth-order valence-corrected chi connectivity index (χ4v) is 2.38. The first kappa shape index (κ1) is 14.5. The molecule has 5 nitrogen and oxygen atoms in total. The Morgan fingerprint density at radius 1 is 1.14 bits per heavy atom. The fraction of sp³-hybridized carbons (Fsp3) is 0.294. The van der Waals surface area contributed by atoms with E-state index in [9.17, 15) is 4.79 Å². The Hall–Kier alpha value is -2.40. The van der Waals surface area contributed by atoms with Gasteiger partial charge in [0.05, 0.1) is 0 Å². The highest BCUT2D eigenvalue weighted by Crippen LogP contribution is 2.40. The first-order chi connectivity index (χ1) is 10.6. The summed E-state index contributed by atoms with van der Waals surface area (Å²) in [6.07, 6.45) is 1.76. The van der Waals surface area contributed by atoms with Crippen molar-refractivity contribution in [2.75, 3.05) is 19.4 Å². The molecule has 22 heavy (non-hydrogen) atoms. The monoisotopic (exact) mass is 297 g/mol. The maximum absolute atomic E-state index is 12.4. The standard InChI is InChI=1S/C17H19N3O2/c1-20(2)17(11-12-17)16(21)19-14-9-6-10-15(18-14)22-13-7-4-3-5-8-13/h3-10H,11-12H2,1-2H3,(H,18,19,21). The van der Waals surface area contributed by atoms with Gasteiger partial charge in [0, 0.05) is 6.07 Å². The number of para-hydroxylation sites is 1. The summed E-state index contributed by atoms with van der Waals surface area (Å²) in [5.41, 5.74) is -0.377. The molecule has 1 aromatic heterocycles. The lowest BCUT2D eigenvalue weighted by molar-refractivity contribution is -0.121. The van der Waals surface area contributed by atoms with E-state index in [-0.39, 0.29) is 11.4 Å². The van der Waals surface area contributed by atoms with E-state index >= 15 is 0 Å². The molecule has 1 saturated carbocycles. The van der Waals surface area contributed by atoms with Crippen LogP contribution in [-0.4, -0.2) is 35.4 Å². The van der Waals surface area contributed by atoms with Crippen LogP contribution in [0.1, 0.15) is 12.8 Å². The number of nitrogens with one attached hydrogen (secondary N) is 1. The summed E-state index contributed by atoms with van der Waals surface area (Å²) in [5, 5.41) is 2.88. The topological polar surface area (TPSA) is 54.5 Å². The van der Waals surface area contributed by atoms with E-state index in [1.807, 2.05) is 55.4 Å². The first-order valence-electron chi connectivity index (χ1n) is 7.29. The van der Waals surface area contributed by atoms with Crippen LogP contribution in [0.5, 0.6) is 11.6 Å². The molecule has 1 fully saturated rings. The summed E-state index contributed by atoms with van der Waals surface area (Å²) in [6, 6.07) is 14.8. The van der Waals surface area contributed by atoms with Crippen LogP contribution >= 0.6 is 0 Å². The second-order valence-corrected chi connectivity index (χ2v) is 5.66. The molecular formula is C17H19N3O2. The summed E-state index contributed by atoms with van der Waals surface area (Å²) in [4.78, 5) is 18.7. The number of benzene rings is 1. The van der Waals surface area contributed by atoms with Gasteiger partial charge in [-0.3, -0.25) is 9.69 Å². The third kappa shape index (κ3) is 2.94. The normalized spacial score (nSPS) is 15.4. The lowest BCUT2D eigenvalue weighted by Crippen LogP contribution is -2.42. The number of ether oxygens (including phenoxy) is 1. The number of amides is 1. The molecular weight excluding hydrogens is 278 g/mol. The number of carbonyl (C=O) groups is 1. The molecule has 1 aliphatic carbocycles. The van der Waals surface area contributed by atoms with Crippen molar-refractivity contribution in [2.24, 2.45) is 0 Å². The van der Waals surface area contributed by atoms with E-state index in [1.54, 1.807) is 12.1 Å². The Morgan fingerprint density at radius 3 is 2.50 bits per heavy atom. The van der Waals surface area contributed by atoms with Crippen LogP contribution in [0.3, 0.4) is 0 Å². The van der Waals surface area contributed by atoms with Gasteiger partial charge in [-0.25, -0.2) is 0 Å². The van der Waals surface area contributed by atoms with Gasteiger partial charge in [-0.1, -0.05) is 24.3 Å². The summed E-state index contributed by atoms with van der Waals surface area (Å²) >= 11 is 0. The predicted molar refractivity (Wildman–Crippen MR) is 85.0 cm³/mol. The van der Waals surface area contributed by atoms with Gasteiger partial charge in [-0.05, 0) is 45.1 Å². The minimum absolute atomic E-state index is 0.0122. The second kappa shape index (κ2) is 5.77. The van der Waals surface area contributed by atoms with Crippen molar-refractivity contribution >= 4 is 11.7 Å². The number of likely N-dealkylation sites (N-methyl/N-ethyl adjacent to an activating group) is 1. The van der Waals surface area contributed by atoms with Crippen molar-refractivity contribution in [1.82, 2.24) is 9.88 Å². The van der Waals surface area contributed by atoms with E-state index < -0.39 is 0 Å². The Bertz CT molecular complexity index is 667. The van der Waals surface area contributed by atoms with E-state index in [0.717, 1.165) is 12.8 Å². The van der Waals surface area contributed by atoms with E-state index in [1.165, 1.54) is 0 Å². The van der Waals surface area contributed by atoms with Crippen molar-refractivity contribution in [1.29, 1.82) is 0 Å². The Labute approximate surface area is 129 Å². The van der Waals surface area contributed by atoms with Crippen LogP contribution < -0.4 is 10.1 Å². The maximum Gasteiger partial charge on any atom is 0.246 e. The van der Waals surface area contributed by atoms with Gasteiger partial charge < -0.3 is 10.1 Å². The highest BCUT2D eigenvalue weighted by molar-refractivity contribution is 5.99. The third-order valence-electron chi connectivity index (χ3n) is 3.93. The number of pyridine rings is 1. The summed E-state index contributed by atoms with van der Waals surface area (Å²) in [7, 11) is 3.85. The smallest absolute Gasteiger partial charge is 0.246 e. The summed E-state index contributed by atoms with van der Waals surface area (Å²) in [5.74, 6) is 1.66. The highest BCUT2D eigenvalue weighted by Gasteiger charge is 2.51. The number of hydrogen-bond acceptors (Lipinski definition) is 4. The van der Waals surface area contributed by atoms with Crippen molar-refractivity contribution in [3.63, 3.8) is 0 Å². The molecule has 1 aromatic carbocycles. The molecule has 1 amide bonds. The molecule has 5 heteroatoms. The average molecular weight is 297 g/mol. The lowest BCUT2D eigenvalue weighted by Gasteiger charge is -2.22. The number of rotatable bonds is 5. The van der Waals surface area contributed by atoms with Crippen molar-refractivity contribution in [3.05, 3.63) is 48.5 Å². The second-order valence-electron chi connectivity index (χ2n) is 5.66. The molecule has 114 valence electrons. The minimum atomic E-state index is -0.377. The van der Waals surface area contributed by atoms with Gasteiger partial charge in [-0.2, -0.15) is 4.98 Å². The zero-order valence-electron chi connectivity index (χ0n) is 12.7. The van der Waals surface area contributed by atoms with E-state index in [4.69, 9.17) is 4.74 Å². The van der Waals surface area contributed by atoms with Crippen molar-refractivity contribution < 1.29 is 9.53 Å². The molecule has 1 N–H and O–H groups in total. The van der Waals surface area contributed by atoms with Crippen LogP contribution in [0.25, 0.3) is 0 Å². The van der Waals surface area contributed by atoms with Gasteiger partial charge in [0.2, 0.25) is 11.8 Å². The molecule has 0 spiro atoms. The van der Waals surface area contributed by atoms with E-state index in [2.05, 4.69) is 10.3 Å². The predicted octanol–water partition coefficient (Wildman–Crippen LogP) is 2.91. The highest BCUT2D eigenvalue weighted by atomic mass is 16.5.